The Labute approximate surface area is 86.8 Å². The summed E-state index contributed by atoms with van der Waals surface area (Å²) in [6.07, 6.45) is 9.46. The second-order valence-corrected chi connectivity index (χ2v) is 3.28. The van der Waals surface area contributed by atoms with Gasteiger partial charge in [0.2, 0.25) is 5.91 Å². The number of nitrogens with one attached hydrogen (secondary N) is 1. The molecule has 0 aliphatic rings. The van der Waals surface area contributed by atoms with Gasteiger partial charge in [-0.3, -0.25) is 4.79 Å². The van der Waals surface area contributed by atoms with Gasteiger partial charge in [-0.15, -0.1) is 12.3 Å². The molecule has 1 amide bonds. The minimum atomic E-state index is -0.00560. The maximum atomic E-state index is 11.5. The smallest absolute Gasteiger partial charge is 0.246 e. The van der Waals surface area contributed by atoms with Crippen LogP contribution in [0.5, 0.6) is 0 Å². The van der Waals surface area contributed by atoms with Gasteiger partial charge in [0.15, 0.2) is 0 Å². The van der Waals surface area contributed by atoms with Crippen LogP contribution in [-0.4, -0.2) is 11.9 Å². The lowest BCUT2D eigenvalue weighted by atomic mass is 10.1. The SMILES string of the molecule is C#CCC(CC)NC(=O)/C(C)=C\CC. The minimum Gasteiger partial charge on any atom is -0.349 e. The summed E-state index contributed by atoms with van der Waals surface area (Å²) in [4.78, 5) is 11.5. The van der Waals surface area contributed by atoms with Crippen LogP contribution in [0.3, 0.4) is 0 Å². The monoisotopic (exact) mass is 193 g/mol. The summed E-state index contributed by atoms with van der Waals surface area (Å²) in [5.41, 5.74) is 0.767. The maximum absolute atomic E-state index is 11.5. The first-order valence-electron chi connectivity index (χ1n) is 5.06. The van der Waals surface area contributed by atoms with Crippen molar-refractivity contribution in [2.75, 3.05) is 0 Å². The molecule has 2 nitrogen and oxygen atoms in total. The number of amides is 1. The van der Waals surface area contributed by atoms with Gasteiger partial charge >= 0.3 is 0 Å². The van der Waals surface area contributed by atoms with Crippen molar-refractivity contribution in [2.24, 2.45) is 0 Å². The Morgan fingerprint density at radius 3 is 2.64 bits per heavy atom. The molecule has 0 fully saturated rings. The van der Waals surface area contributed by atoms with Gasteiger partial charge < -0.3 is 5.32 Å². The van der Waals surface area contributed by atoms with E-state index >= 15 is 0 Å². The lowest BCUT2D eigenvalue weighted by Gasteiger charge is -2.14. The van der Waals surface area contributed by atoms with Crippen molar-refractivity contribution in [3.05, 3.63) is 11.6 Å². The highest BCUT2D eigenvalue weighted by Gasteiger charge is 2.09. The van der Waals surface area contributed by atoms with E-state index in [0.29, 0.717) is 6.42 Å². The fourth-order valence-corrected chi connectivity index (χ4v) is 1.14. The van der Waals surface area contributed by atoms with E-state index in [9.17, 15) is 4.79 Å². The first-order chi connectivity index (χ1) is 6.65. The highest BCUT2D eigenvalue weighted by atomic mass is 16.1. The van der Waals surface area contributed by atoms with E-state index in [1.165, 1.54) is 0 Å². The number of carbonyl (C=O) groups is 1. The lowest BCUT2D eigenvalue weighted by Crippen LogP contribution is -2.34. The van der Waals surface area contributed by atoms with Crippen molar-refractivity contribution in [1.82, 2.24) is 5.32 Å². The summed E-state index contributed by atoms with van der Waals surface area (Å²) < 4.78 is 0. The Balaban J connectivity index is 4.16. The molecule has 14 heavy (non-hydrogen) atoms. The quantitative estimate of drug-likeness (QED) is 0.526. The van der Waals surface area contributed by atoms with Crippen LogP contribution in [0.2, 0.25) is 0 Å². The molecule has 78 valence electrons. The molecule has 0 aliphatic heterocycles. The zero-order valence-electron chi connectivity index (χ0n) is 9.26. The highest BCUT2D eigenvalue weighted by Crippen LogP contribution is 2.00. The fourth-order valence-electron chi connectivity index (χ4n) is 1.14. The number of terminal acetylenes is 1. The molecule has 0 bridgehead atoms. The lowest BCUT2D eigenvalue weighted by molar-refractivity contribution is -0.118. The molecule has 0 radical (unpaired) electrons. The topological polar surface area (TPSA) is 29.1 Å². The van der Waals surface area contributed by atoms with E-state index in [1.54, 1.807) is 0 Å². The van der Waals surface area contributed by atoms with E-state index in [4.69, 9.17) is 6.42 Å². The Hall–Kier alpha value is -1.23. The number of rotatable bonds is 5. The van der Waals surface area contributed by atoms with Gasteiger partial charge in [0.1, 0.15) is 0 Å². The van der Waals surface area contributed by atoms with Crippen LogP contribution >= 0.6 is 0 Å². The summed E-state index contributed by atoms with van der Waals surface area (Å²) >= 11 is 0. The maximum Gasteiger partial charge on any atom is 0.246 e. The molecule has 0 saturated heterocycles. The minimum absolute atomic E-state index is 0.00560. The van der Waals surface area contributed by atoms with E-state index in [0.717, 1.165) is 18.4 Å². The van der Waals surface area contributed by atoms with Crippen molar-refractivity contribution >= 4 is 5.91 Å². The van der Waals surface area contributed by atoms with Gasteiger partial charge in [0.05, 0.1) is 0 Å². The third kappa shape index (κ3) is 4.71. The van der Waals surface area contributed by atoms with Gasteiger partial charge in [-0.2, -0.15) is 0 Å². The average Bonchev–Trinajstić information content (AvgIpc) is 2.17. The second kappa shape index (κ2) is 7.20. The largest absolute Gasteiger partial charge is 0.349 e. The van der Waals surface area contributed by atoms with Gasteiger partial charge in [0, 0.05) is 18.0 Å². The highest BCUT2D eigenvalue weighted by molar-refractivity contribution is 5.92. The molecule has 0 rings (SSSR count). The predicted molar refractivity (Wildman–Crippen MR) is 59.7 cm³/mol. The van der Waals surface area contributed by atoms with E-state index < -0.39 is 0 Å². The van der Waals surface area contributed by atoms with Gasteiger partial charge in [-0.25, -0.2) is 0 Å². The van der Waals surface area contributed by atoms with Crippen molar-refractivity contribution in [3.8, 4) is 12.3 Å². The van der Waals surface area contributed by atoms with Crippen LogP contribution in [0.1, 0.15) is 40.0 Å². The van der Waals surface area contributed by atoms with Crippen molar-refractivity contribution in [2.45, 2.75) is 46.1 Å². The predicted octanol–water partition coefficient (Wildman–Crippen LogP) is 2.26. The van der Waals surface area contributed by atoms with Crippen LogP contribution < -0.4 is 5.32 Å². The molecule has 1 atom stereocenters. The molecule has 2 heteroatoms. The molecule has 1 N–H and O–H groups in total. The summed E-state index contributed by atoms with van der Waals surface area (Å²) in [6.45, 7) is 5.85. The zero-order chi connectivity index (χ0) is 11.0. The van der Waals surface area contributed by atoms with Crippen molar-refractivity contribution in [1.29, 1.82) is 0 Å². The number of hydrogen-bond acceptors (Lipinski definition) is 1. The molecule has 0 aromatic rings. The number of carbonyl (C=O) groups excluding carboxylic acids is 1. The van der Waals surface area contributed by atoms with Crippen LogP contribution in [-0.2, 0) is 4.79 Å². The van der Waals surface area contributed by atoms with Gasteiger partial charge in [-0.1, -0.05) is 19.9 Å². The molecule has 0 heterocycles. The van der Waals surface area contributed by atoms with Crippen molar-refractivity contribution < 1.29 is 4.79 Å². The third-order valence-corrected chi connectivity index (χ3v) is 2.06. The number of hydrogen-bond donors (Lipinski definition) is 1. The van der Waals surface area contributed by atoms with Crippen LogP contribution in [0.25, 0.3) is 0 Å². The Bertz CT molecular complexity index is 248. The molecular weight excluding hydrogens is 174 g/mol. The van der Waals surface area contributed by atoms with Crippen LogP contribution in [0.4, 0.5) is 0 Å². The summed E-state index contributed by atoms with van der Waals surface area (Å²) in [5.74, 6) is 2.56. The Kier molecular flexibility index (Phi) is 6.57. The van der Waals surface area contributed by atoms with E-state index in [2.05, 4.69) is 11.2 Å². The standard InChI is InChI=1S/C12H19NO/c1-5-8-10(4)12(14)13-11(7-3)9-6-2/h2,8,11H,5,7,9H2,1,3-4H3,(H,13,14)/b10-8-. The molecule has 0 aliphatic carbocycles. The first-order valence-corrected chi connectivity index (χ1v) is 5.06. The van der Waals surface area contributed by atoms with Crippen LogP contribution in [0.15, 0.2) is 11.6 Å². The van der Waals surface area contributed by atoms with Crippen LogP contribution in [0, 0.1) is 12.3 Å². The third-order valence-electron chi connectivity index (χ3n) is 2.06. The summed E-state index contributed by atoms with van der Waals surface area (Å²) in [5, 5.41) is 2.90. The number of allylic oxidation sites excluding steroid dienone is 1. The average molecular weight is 193 g/mol. The molecular formula is C12H19NO. The zero-order valence-corrected chi connectivity index (χ0v) is 9.26. The second-order valence-electron chi connectivity index (χ2n) is 3.28. The van der Waals surface area contributed by atoms with Gasteiger partial charge in [0.25, 0.3) is 0 Å². The molecule has 0 spiro atoms. The molecule has 1 unspecified atom stereocenters. The Morgan fingerprint density at radius 1 is 1.57 bits per heavy atom. The van der Waals surface area contributed by atoms with E-state index in [1.807, 2.05) is 26.8 Å². The summed E-state index contributed by atoms with van der Waals surface area (Å²) in [7, 11) is 0. The molecule has 0 saturated carbocycles. The summed E-state index contributed by atoms with van der Waals surface area (Å²) in [6, 6.07) is 0.104. The normalized spacial score (nSPS) is 13.1. The van der Waals surface area contributed by atoms with Crippen molar-refractivity contribution in [3.63, 3.8) is 0 Å². The molecule has 0 aromatic carbocycles. The van der Waals surface area contributed by atoms with Gasteiger partial charge in [-0.05, 0) is 19.8 Å². The first kappa shape index (κ1) is 12.8. The Morgan fingerprint density at radius 2 is 2.21 bits per heavy atom. The fraction of sp³-hybridized carbons (Fsp3) is 0.583. The van der Waals surface area contributed by atoms with E-state index in [-0.39, 0.29) is 11.9 Å². The molecule has 0 aromatic heterocycles.